The van der Waals surface area contributed by atoms with E-state index in [0.29, 0.717) is 29.7 Å². The number of aryl methyl sites for hydroxylation is 2. The van der Waals surface area contributed by atoms with E-state index >= 15 is 0 Å². The summed E-state index contributed by atoms with van der Waals surface area (Å²) in [6, 6.07) is 3.41. The predicted molar refractivity (Wildman–Crippen MR) is 85.1 cm³/mol. The molecule has 0 radical (unpaired) electrons. The van der Waals surface area contributed by atoms with Crippen LogP contribution in [0.3, 0.4) is 0 Å². The van der Waals surface area contributed by atoms with Crippen molar-refractivity contribution in [2.24, 2.45) is 0 Å². The summed E-state index contributed by atoms with van der Waals surface area (Å²) in [5, 5.41) is 8.73. The maximum absolute atomic E-state index is 12.6. The lowest BCUT2D eigenvalue weighted by Crippen LogP contribution is -2.30. The van der Waals surface area contributed by atoms with Gasteiger partial charge >= 0.3 is 0 Å². The third-order valence-corrected chi connectivity index (χ3v) is 4.70. The normalized spacial score (nSPS) is 17.3. The van der Waals surface area contributed by atoms with Gasteiger partial charge in [-0.05, 0) is 13.8 Å². The van der Waals surface area contributed by atoms with Gasteiger partial charge in [0.25, 0.3) is 5.91 Å². The van der Waals surface area contributed by atoms with Crippen LogP contribution in [0.15, 0.2) is 12.1 Å². The number of thiazole rings is 1. The summed E-state index contributed by atoms with van der Waals surface area (Å²) < 4.78 is 10.8. The summed E-state index contributed by atoms with van der Waals surface area (Å²) in [6.07, 6.45) is 0.701. The standard InChI is InChI=1S/C15H18N4O3S/c1-9-14(23-10(2)16-9)15(20)19-7-6-11(8-19)22-13-5-4-12(21-3)17-18-13/h4-5,11H,6-8H2,1-3H3. The Morgan fingerprint density at radius 2 is 2.04 bits per heavy atom. The second-order valence-electron chi connectivity index (χ2n) is 5.34. The molecule has 23 heavy (non-hydrogen) atoms. The lowest BCUT2D eigenvalue weighted by Gasteiger charge is -2.16. The van der Waals surface area contributed by atoms with Crippen molar-refractivity contribution in [3.05, 3.63) is 27.7 Å². The van der Waals surface area contributed by atoms with Gasteiger partial charge < -0.3 is 14.4 Å². The number of hydrogen-bond acceptors (Lipinski definition) is 7. The maximum atomic E-state index is 12.6. The van der Waals surface area contributed by atoms with Crippen LogP contribution in [0.25, 0.3) is 0 Å². The van der Waals surface area contributed by atoms with E-state index in [2.05, 4.69) is 15.2 Å². The molecule has 0 saturated carbocycles. The topological polar surface area (TPSA) is 77.4 Å². The Morgan fingerprint density at radius 1 is 1.30 bits per heavy atom. The molecule has 1 unspecified atom stereocenters. The first kappa shape index (κ1) is 15.7. The first-order chi connectivity index (χ1) is 11.1. The van der Waals surface area contributed by atoms with Crippen LogP contribution in [0.5, 0.6) is 11.8 Å². The average molecular weight is 334 g/mol. The molecule has 1 amide bonds. The number of carbonyl (C=O) groups excluding carboxylic acids is 1. The Balaban J connectivity index is 1.61. The molecule has 2 aromatic rings. The van der Waals surface area contributed by atoms with Crippen LogP contribution < -0.4 is 9.47 Å². The molecular formula is C15H18N4O3S. The van der Waals surface area contributed by atoms with E-state index in [4.69, 9.17) is 9.47 Å². The van der Waals surface area contributed by atoms with E-state index in [9.17, 15) is 4.79 Å². The van der Waals surface area contributed by atoms with Gasteiger partial charge in [-0.15, -0.1) is 21.5 Å². The molecule has 8 heteroatoms. The molecule has 0 N–H and O–H groups in total. The largest absolute Gasteiger partial charge is 0.480 e. The lowest BCUT2D eigenvalue weighted by molar-refractivity contribution is 0.0774. The number of likely N-dealkylation sites (tertiary alicyclic amines) is 1. The van der Waals surface area contributed by atoms with Crippen molar-refractivity contribution in [1.29, 1.82) is 0 Å². The molecule has 0 bridgehead atoms. The molecule has 1 saturated heterocycles. The fourth-order valence-corrected chi connectivity index (χ4v) is 3.42. The van der Waals surface area contributed by atoms with E-state index in [0.717, 1.165) is 17.1 Å². The number of aromatic nitrogens is 3. The molecule has 1 aliphatic heterocycles. The third-order valence-electron chi connectivity index (χ3n) is 3.64. The number of nitrogens with zero attached hydrogens (tertiary/aromatic N) is 4. The highest BCUT2D eigenvalue weighted by Gasteiger charge is 2.30. The van der Waals surface area contributed by atoms with Crippen molar-refractivity contribution >= 4 is 17.2 Å². The van der Waals surface area contributed by atoms with E-state index in [1.54, 1.807) is 12.1 Å². The van der Waals surface area contributed by atoms with Gasteiger partial charge in [-0.25, -0.2) is 4.98 Å². The highest BCUT2D eigenvalue weighted by Crippen LogP contribution is 2.23. The monoisotopic (exact) mass is 334 g/mol. The van der Waals surface area contributed by atoms with Crippen LogP contribution in [-0.4, -0.2) is 52.3 Å². The Morgan fingerprint density at radius 3 is 2.65 bits per heavy atom. The van der Waals surface area contributed by atoms with Gasteiger partial charge in [0.05, 0.1) is 24.4 Å². The molecule has 0 aliphatic carbocycles. The van der Waals surface area contributed by atoms with Gasteiger partial charge in [-0.3, -0.25) is 4.79 Å². The second kappa shape index (κ2) is 6.49. The van der Waals surface area contributed by atoms with Crippen LogP contribution in [0.1, 0.15) is 26.8 Å². The van der Waals surface area contributed by atoms with Crippen LogP contribution in [0, 0.1) is 13.8 Å². The van der Waals surface area contributed by atoms with Crippen molar-refractivity contribution in [3.63, 3.8) is 0 Å². The second-order valence-corrected chi connectivity index (χ2v) is 6.54. The van der Waals surface area contributed by atoms with Crippen LogP contribution >= 0.6 is 11.3 Å². The molecule has 1 aliphatic rings. The molecule has 122 valence electrons. The van der Waals surface area contributed by atoms with Crippen molar-refractivity contribution in [3.8, 4) is 11.8 Å². The van der Waals surface area contributed by atoms with Gasteiger partial charge in [-0.1, -0.05) is 0 Å². The quantitative estimate of drug-likeness (QED) is 0.849. The number of carbonyl (C=O) groups is 1. The van der Waals surface area contributed by atoms with E-state index in [-0.39, 0.29) is 12.0 Å². The van der Waals surface area contributed by atoms with Gasteiger partial charge in [0.2, 0.25) is 11.8 Å². The predicted octanol–water partition coefficient (Wildman–Crippen LogP) is 1.85. The minimum atomic E-state index is -0.0732. The van der Waals surface area contributed by atoms with Gasteiger partial charge in [0.1, 0.15) is 11.0 Å². The zero-order chi connectivity index (χ0) is 16.4. The summed E-state index contributed by atoms with van der Waals surface area (Å²) in [6.45, 7) is 4.99. The summed E-state index contributed by atoms with van der Waals surface area (Å²) in [4.78, 5) is 19.4. The Labute approximate surface area is 138 Å². The lowest BCUT2D eigenvalue weighted by atomic mass is 10.3. The number of rotatable bonds is 4. The molecule has 3 heterocycles. The summed E-state index contributed by atoms with van der Waals surface area (Å²) in [7, 11) is 1.54. The molecule has 1 fully saturated rings. The SMILES string of the molecule is COc1ccc(OC2CCN(C(=O)c3sc(C)nc3C)C2)nn1. The number of ether oxygens (including phenoxy) is 2. The fraction of sp³-hybridized carbons (Fsp3) is 0.467. The zero-order valence-corrected chi connectivity index (χ0v) is 14.1. The summed E-state index contributed by atoms with van der Waals surface area (Å²) >= 11 is 1.44. The number of amides is 1. The molecule has 7 nitrogen and oxygen atoms in total. The third kappa shape index (κ3) is 3.42. The first-order valence-electron chi connectivity index (χ1n) is 7.34. The smallest absolute Gasteiger partial charge is 0.265 e. The Bertz CT molecular complexity index is 701. The number of methoxy groups -OCH3 is 1. The highest BCUT2D eigenvalue weighted by molar-refractivity contribution is 7.13. The maximum Gasteiger partial charge on any atom is 0.265 e. The number of hydrogen-bond donors (Lipinski definition) is 0. The molecule has 3 rings (SSSR count). The van der Waals surface area contributed by atoms with E-state index in [1.165, 1.54) is 18.4 Å². The fourth-order valence-electron chi connectivity index (χ4n) is 2.53. The Hall–Kier alpha value is -2.22. The van der Waals surface area contributed by atoms with Gasteiger partial charge in [-0.2, -0.15) is 0 Å². The highest BCUT2D eigenvalue weighted by atomic mass is 32.1. The first-order valence-corrected chi connectivity index (χ1v) is 8.16. The molecule has 1 atom stereocenters. The minimum absolute atomic E-state index is 0.0278. The average Bonchev–Trinajstić information content (AvgIpc) is 3.14. The summed E-state index contributed by atoms with van der Waals surface area (Å²) in [5.41, 5.74) is 0.794. The zero-order valence-electron chi connectivity index (χ0n) is 13.3. The van der Waals surface area contributed by atoms with E-state index in [1.807, 2.05) is 18.7 Å². The summed E-state index contributed by atoms with van der Waals surface area (Å²) in [5.74, 6) is 0.909. The van der Waals surface area contributed by atoms with Crippen molar-refractivity contribution < 1.29 is 14.3 Å². The molecule has 0 aromatic carbocycles. The van der Waals surface area contributed by atoms with Crippen molar-refractivity contribution in [2.45, 2.75) is 26.4 Å². The molecular weight excluding hydrogens is 316 g/mol. The molecule has 2 aromatic heterocycles. The van der Waals surface area contributed by atoms with Crippen molar-refractivity contribution in [1.82, 2.24) is 20.1 Å². The van der Waals surface area contributed by atoms with Crippen LogP contribution in [-0.2, 0) is 0 Å². The van der Waals surface area contributed by atoms with Crippen LogP contribution in [0.4, 0.5) is 0 Å². The van der Waals surface area contributed by atoms with Crippen molar-refractivity contribution in [2.75, 3.05) is 20.2 Å². The minimum Gasteiger partial charge on any atom is -0.480 e. The van der Waals surface area contributed by atoms with E-state index < -0.39 is 0 Å². The van der Waals surface area contributed by atoms with Gasteiger partial charge in [0, 0.05) is 25.1 Å². The van der Waals surface area contributed by atoms with Crippen LogP contribution in [0.2, 0.25) is 0 Å². The Kier molecular flexibility index (Phi) is 4.42. The van der Waals surface area contributed by atoms with Gasteiger partial charge in [0.15, 0.2) is 0 Å². The molecule has 0 spiro atoms.